The van der Waals surface area contributed by atoms with E-state index >= 15 is 0 Å². The van der Waals surface area contributed by atoms with Crippen molar-refractivity contribution in [3.05, 3.63) is 63.6 Å². The fourth-order valence-corrected chi connectivity index (χ4v) is 3.10. The molecule has 5 heteroatoms. The van der Waals surface area contributed by atoms with E-state index in [1.807, 2.05) is 44.2 Å². The first-order valence-corrected chi connectivity index (χ1v) is 7.87. The van der Waals surface area contributed by atoms with Gasteiger partial charge in [0, 0.05) is 19.8 Å². The van der Waals surface area contributed by atoms with Gasteiger partial charge in [-0.3, -0.25) is 13.9 Å². The molecule has 0 bridgehead atoms. The molecule has 0 saturated heterocycles. The van der Waals surface area contributed by atoms with Crippen molar-refractivity contribution in [3.8, 4) is 0 Å². The lowest BCUT2D eigenvalue weighted by molar-refractivity contribution is -0.115. The van der Waals surface area contributed by atoms with Crippen molar-refractivity contribution in [3.63, 3.8) is 0 Å². The number of fused-ring (bicyclic) bond motifs is 1. The summed E-state index contributed by atoms with van der Waals surface area (Å²) in [7, 11) is 3.49. The van der Waals surface area contributed by atoms with E-state index in [0.717, 1.165) is 33.4 Å². The summed E-state index contributed by atoms with van der Waals surface area (Å²) in [5.74, 6) is -0.0692. The lowest BCUT2D eigenvalue weighted by Gasteiger charge is -2.08. The predicted octanol–water partition coefficient (Wildman–Crippen LogP) is 2.68. The molecule has 0 radical (unpaired) electrons. The molecule has 0 saturated carbocycles. The third-order valence-corrected chi connectivity index (χ3v) is 4.21. The van der Waals surface area contributed by atoms with E-state index in [9.17, 15) is 9.59 Å². The number of benzene rings is 2. The van der Waals surface area contributed by atoms with Gasteiger partial charge in [0.25, 0.3) is 0 Å². The van der Waals surface area contributed by atoms with Gasteiger partial charge < -0.3 is 5.32 Å². The van der Waals surface area contributed by atoms with Crippen LogP contribution in [0.25, 0.3) is 11.0 Å². The Bertz CT molecular complexity index is 975. The fraction of sp³-hybridized carbons (Fsp3) is 0.263. The molecule has 0 unspecified atom stereocenters. The molecular weight excluding hydrogens is 302 g/mol. The molecule has 1 N–H and O–H groups in total. The highest BCUT2D eigenvalue weighted by molar-refractivity contribution is 5.93. The van der Waals surface area contributed by atoms with Crippen LogP contribution >= 0.6 is 0 Å². The fourth-order valence-electron chi connectivity index (χ4n) is 3.10. The summed E-state index contributed by atoms with van der Waals surface area (Å²) in [6.45, 7) is 4.01. The van der Waals surface area contributed by atoms with E-state index in [1.165, 1.54) is 0 Å². The molecule has 3 aromatic rings. The predicted molar refractivity (Wildman–Crippen MR) is 96.4 cm³/mol. The molecule has 0 fully saturated rings. The van der Waals surface area contributed by atoms with Gasteiger partial charge >= 0.3 is 5.69 Å². The first-order chi connectivity index (χ1) is 11.3. The second kappa shape index (κ2) is 6.00. The Hall–Kier alpha value is -2.82. The number of hydrogen-bond donors (Lipinski definition) is 1. The molecule has 0 aliphatic rings. The maximum absolute atomic E-state index is 12.3. The number of imidazole rings is 1. The average molecular weight is 323 g/mol. The van der Waals surface area contributed by atoms with Crippen molar-refractivity contribution < 1.29 is 4.79 Å². The molecule has 0 aliphatic carbocycles. The van der Waals surface area contributed by atoms with Gasteiger partial charge in [-0.1, -0.05) is 12.1 Å². The van der Waals surface area contributed by atoms with E-state index in [4.69, 9.17) is 0 Å². The van der Waals surface area contributed by atoms with Crippen molar-refractivity contribution in [1.82, 2.24) is 9.13 Å². The number of anilines is 1. The van der Waals surface area contributed by atoms with Crippen LogP contribution in [0, 0.1) is 13.8 Å². The van der Waals surface area contributed by atoms with Gasteiger partial charge in [0.15, 0.2) is 0 Å². The van der Waals surface area contributed by atoms with Gasteiger partial charge in [-0.2, -0.15) is 0 Å². The van der Waals surface area contributed by atoms with Gasteiger partial charge in [0.05, 0.1) is 17.5 Å². The lowest BCUT2D eigenvalue weighted by Crippen LogP contribution is -2.19. The van der Waals surface area contributed by atoms with Gasteiger partial charge in [-0.15, -0.1) is 0 Å². The van der Waals surface area contributed by atoms with Crippen LogP contribution in [0.3, 0.4) is 0 Å². The molecule has 1 heterocycles. The molecule has 0 aliphatic heterocycles. The number of nitrogens with one attached hydrogen (secondary N) is 1. The van der Waals surface area contributed by atoms with Crippen LogP contribution < -0.4 is 11.0 Å². The highest BCUT2D eigenvalue weighted by Crippen LogP contribution is 2.17. The van der Waals surface area contributed by atoms with Gasteiger partial charge in [-0.05, 0) is 54.8 Å². The molecule has 0 atom stereocenters. The monoisotopic (exact) mass is 323 g/mol. The number of carbonyl (C=O) groups is 1. The van der Waals surface area contributed by atoms with Crippen LogP contribution in [0.1, 0.15) is 16.7 Å². The van der Waals surface area contributed by atoms with E-state index in [-0.39, 0.29) is 18.0 Å². The zero-order chi connectivity index (χ0) is 17.4. The molecule has 24 heavy (non-hydrogen) atoms. The molecule has 124 valence electrons. The van der Waals surface area contributed by atoms with E-state index < -0.39 is 0 Å². The van der Waals surface area contributed by atoms with E-state index in [2.05, 4.69) is 11.4 Å². The van der Waals surface area contributed by atoms with Crippen molar-refractivity contribution in [2.24, 2.45) is 14.1 Å². The Labute approximate surface area is 140 Å². The minimum atomic E-state index is -0.0692. The maximum atomic E-state index is 12.3. The number of amides is 1. The summed E-state index contributed by atoms with van der Waals surface area (Å²) in [6.07, 6.45) is 0.270. The second-order valence-electron chi connectivity index (χ2n) is 6.33. The Balaban J connectivity index is 1.83. The lowest BCUT2D eigenvalue weighted by atomic mass is 10.1. The summed E-state index contributed by atoms with van der Waals surface area (Å²) < 4.78 is 3.20. The summed E-state index contributed by atoms with van der Waals surface area (Å²) in [6, 6.07) is 11.7. The highest BCUT2D eigenvalue weighted by atomic mass is 16.2. The normalized spacial score (nSPS) is 11.0. The Morgan fingerprint density at radius 1 is 0.958 bits per heavy atom. The number of carbonyl (C=O) groups excluding carboxylic acids is 1. The van der Waals surface area contributed by atoms with Crippen molar-refractivity contribution >= 4 is 22.6 Å². The number of nitrogens with zero attached hydrogens (tertiary/aromatic N) is 2. The second-order valence-corrected chi connectivity index (χ2v) is 6.33. The zero-order valence-electron chi connectivity index (χ0n) is 14.4. The van der Waals surface area contributed by atoms with Crippen LogP contribution in [0.15, 0.2) is 41.2 Å². The summed E-state index contributed by atoms with van der Waals surface area (Å²) >= 11 is 0. The molecule has 1 amide bonds. The molecule has 3 rings (SSSR count). The van der Waals surface area contributed by atoms with Gasteiger partial charge in [0.2, 0.25) is 5.91 Å². The van der Waals surface area contributed by atoms with Crippen LogP contribution in [0.4, 0.5) is 5.69 Å². The SMILES string of the molecule is Cc1cc(C)cc(NC(=O)Cc2ccc3c(c2)n(C)c(=O)n3C)c1. The standard InChI is InChI=1S/C19H21N3O2/c1-12-7-13(2)9-15(8-12)20-18(23)11-14-5-6-16-17(10-14)22(4)19(24)21(16)3/h5-10H,11H2,1-4H3,(H,20,23). The van der Waals surface area contributed by atoms with Crippen LogP contribution in [-0.4, -0.2) is 15.0 Å². The van der Waals surface area contributed by atoms with E-state index in [1.54, 1.807) is 23.2 Å². The first kappa shape index (κ1) is 16.1. The van der Waals surface area contributed by atoms with Crippen LogP contribution in [0.5, 0.6) is 0 Å². The van der Waals surface area contributed by atoms with Crippen LogP contribution in [-0.2, 0) is 25.3 Å². The number of hydrogen-bond acceptors (Lipinski definition) is 2. The van der Waals surface area contributed by atoms with Crippen molar-refractivity contribution in [1.29, 1.82) is 0 Å². The Kier molecular flexibility index (Phi) is 4.01. The van der Waals surface area contributed by atoms with E-state index in [0.29, 0.717) is 0 Å². The highest BCUT2D eigenvalue weighted by Gasteiger charge is 2.10. The minimum absolute atomic E-state index is 0.0677. The van der Waals surface area contributed by atoms with Gasteiger partial charge in [-0.25, -0.2) is 4.79 Å². The third kappa shape index (κ3) is 2.97. The summed E-state index contributed by atoms with van der Waals surface area (Å²) in [5.41, 5.74) is 5.55. The number of aryl methyl sites for hydroxylation is 4. The van der Waals surface area contributed by atoms with Crippen molar-refractivity contribution in [2.75, 3.05) is 5.32 Å². The first-order valence-electron chi connectivity index (χ1n) is 7.87. The number of rotatable bonds is 3. The van der Waals surface area contributed by atoms with Gasteiger partial charge in [0.1, 0.15) is 0 Å². The molecular formula is C19H21N3O2. The topological polar surface area (TPSA) is 56.0 Å². The third-order valence-electron chi connectivity index (χ3n) is 4.21. The van der Waals surface area contributed by atoms with Crippen molar-refractivity contribution in [2.45, 2.75) is 20.3 Å². The average Bonchev–Trinajstić information content (AvgIpc) is 2.71. The smallest absolute Gasteiger partial charge is 0.326 e. The Morgan fingerprint density at radius 3 is 2.25 bits per heavy atom. The quantitative estimate of drug-likeness (QED) is 0.806. The maximum Gasteiger partial charge on any atom is 0.328 e. The minimum Gasteiger partial charge on any atom is -0.326 e. The molecule has 1 aromatic heterocycles. The Morgan fingerprint density at radius 2 is 1.58 bits per heavy atom. The largest absolute Gasteiger partial charge is 0.328 e. The molecule has 2 aromatic carbocycles. The number of aromatic nitrogens is 2. The summed E-state index contributed by atoms with van der Waals surface area (Å²) in [5, 5.41) is 2.94. The summed E-state index contributed by atoms with van der Waals surface area (Å²) in [4.78, 5) is 24.3. The molecule has 5 nitrogen and oxygen atoms in total. The van der Waals surface area contributed by atoms with Crippen LogP contribution in [0.2, 0.25) is 0 Å². The zero-order valence-corrected chi connectivity index (χ0v) is 14.4. The molecule has 0 spiro atoms.